The first kappa shape index (κ1) is 22.2. The van der Waals surface area contributed by atoms with Crippen LogP contribution in [0.2, 0.25) is 0 Å². The fourth-order valence-electron chi connectivity index (χ4n) is 3.86. The van der Waals surface area contributed by atoms with Crippen molar-refractivity contribution < 1.29 is 9.59 Å². The normalized spacial score (nSPS) is 13.9. The van der Waals surface area contributed by atoms with E-state index in [1.54, 1.807) is 11.8 Å². The van der Waals surface area contributed by atoms with Crippen LogP contribution in [-0.2, 0) is 11.3 Å². The van der Waals surface area contributed by atoms with E-state index < -0.39 is 0 Å². The number of hydrogen-bond donors (Lipinski definition) is 1. The van der Waals surface area contributed by atoms with Crippen molar-refractivity contribution in [1.82, 2.24) is 19.8 Å². The lowest BCUT2D eigenvalue weighted by atomic mass is 9.97. The molecule has 1 N–H and O–H groups in total. The van der Waals surface area contributed by atoms with E-state index in [0.717, 1.165) is 19.3 Å². The summed E-state index contributed by atoms with van der Waals surface area (Å²) in [6.45, 7) is 7.33. The van der Waals surface area contributed by atoms with Gasteiger partial charge in [0.15, 0.2) is 0 Å². The lowest BCUT2D eigenvalue weighted by Crippen LogP contribution is -2.36. The highest BCUT2D eigenvalue weighted by Gasteiger charge is 2.20. The molecule has 2 aromatic heterocycles. The lowest BCUT2D eigenvalue weighted by molar-refractivity contribution is -0.131. The highest BCUT2D eigenvalue weighted by molar-refractivity contribution is 7.20. The van der Waals surface area contributed by atoms with Crippen LogP contribution >= 0.6 is 11.3 Å². The average Bonchev–Trinajstić information content (AvgIpc) is 3.09. The number of amides is 2. The number of fused-ring (bicyclic) bond motifs is 1. The predicted octanol–water partition coefficient (Wildman–Crippen LogP) is 3.26. The lowest BCUT2D eigenvalue weighted by Gasteiger charge is -2.18. The van der Waals surface area contributed by atoms with Gasteiger partial charge in [-0.2, -0.15) is 0 Å². The van der Waals surface area contributed by atoms with Crippen LogP contribution in [0.4, 0.5) is 0 Å². The Morgan fingerprint density at radius 2 is 2.03 bits per heavy atom. The van der Waals surface area contributed by atoms with Crippen LogP contribution in [0.3, 0.4) is 0 Å². The van der Waals surface area contributed by atoms with Gasteiger partial charge in [-0.25, -0.2) is 4.98 Å². The van der Waals surface area contributed by atoms with Crippen LogP contribution < -0.4 is 10.9 Å². The van der Waals surface area contributed by atoms with Crippen LogP contribution in [0.15, 0.2) is 22.8 Å². The van der Waals surface area contributed by atoms with Crippen molar-refractivity contribution in [2.45, 2.75) is 59.4 Å². The third kappa shape index (κ3) is 4.80. The minimum Gasteiger partial charge on any atom is -0.351 e. The second-order valence-electron chi connectivity index (χ2n) is 7.59. The summed E-state index contributed by atoms with van der Waals surface area (Å²) in [5.74, 6) is -0.289. The Morgan fingerprint density at radius 3 is 2.70 bits per heavy atom. The smallest absolute Gasteiger partial charge is 0.262 e. The first-order valence-corrected chi connectivity index (χ1v) is 11.5. The first-order valence-electron chi connectivity index (χ1n) is 10.7. The highest BCUT2D eigenvalue weighted by atomic mass is 32.1. The van der Waals surface area contributed by atoms with E-state index in [1.165, 1.54) is 40.6 Å². The molecule has 0 bridgehead atoms. The quantitative estimate of drug-likeness (QED) is 0.652. The summed E-state index contributed by atoms with van der Waals surface area (Å²) in [6.07, 6.45) is 9.28. The number of hydrogen-bond acceptors (Lipinski definition) is 5. The molecule has 0 radical (unpaired) electrons. The Morgan fingerprint density at radius 1 is 1.27 bits per heavy atom. The van der Waals surface area contributed by atoms with E-state index in [2.05, 4.69) is 16.4 Å². The van der Waals surface area contributed by atoms with Crippen molar-refractivity contribution in [3.63, 3.8) is 0 Å². The summed E-state index contributed by atoms with van der Waals surface area (Å²) in [5, 5.41) is 3.40. The third-order valence-corrected chi connectivity index (χ3v) is 6.86. The number of allylic oxidation sites excluding steroid dienone is 1. The second-order valence-corrected chi connectivity index (χ2v) is 8.59. The summed E-state index contributed by atoms with van der Waals surface area (Å²) >= 11 is 1.23. The van der Waals surface area contributed by atoms with Gasteiger partial charge in [-0.15, -0.1) is 11.3 Å². The number of rotatable bonds is 8. The zero-order valence-corrected chi connectivity index (χ0v) is 18.8. The molecule has 0 saturated heterocycles. The number of aromatic nitrogens is 2. The van der Waals surface area contributed by atoms with Crippen molar-refractivity contribution in [1.29, 1.82) is 0 Å². The SMILES string of the molecule is CCN(CC)C(=O)Cn1cnc2sc(C(=O)NCCC3=CCCCC3)c(C)c2c1=O. The van der Waals surface area contributed by atoms with Crippen LogP contribution in [-0.4, -0.2) is 45.9 Å². The fraction of sp³-hybridized carbons (Fsp3) is 0.545. The number of nitrogens with one attached hydrogen (secondary N) is 1. The molecule has 3 rings (SSSR count). The van der Waals surface area contributed by atoms with E-state index in [9.17, 15) is 14.4 Å². The topological polar surface area (TPSA) is 84.3 Å². The monoisotopic (exact) mass is 430 g/mol. The Hall–Kier alpha value is -2.48. The van der Waals surface area contributed by atoms with Gasteiger partial charge in [0.2, 0.25) is 5.91 Å². The van der Waals surface area contributed by atoms with Gasteiger partial charge < -0.3 is 10.2 Å². The van der Waals surface area contributed by atoms with Crippen molar-refractivity contribution in [3.8, 4) is 0 Å². The third-order valence-electron chi connectivity index (χ3n) is 5.66. The summed E-state index contributed by atoms with van der Waals surface area (Å²) < 4.78 is 1.33. The molecular formula is C22H30N4O3S. The predicted molar refractivity (Wildman–Crippen MR) is 120 cm³/mol. The van der Waals surface area contributed by atoms with E-state index in [4.69, 9.17) is 0 Å². The molecule has 2 heterocycles. The van der Waals surface area contributed by atoms with Gasteiger partial charge in [0.25, 0.3) is 11.5 Å². The van der Waals surface area contributed by atoms with E-state index >= 15 is 0 Å². The molecule has 0 aliphatic heterocycles. The van der Waals surface area contributed by atoms with Crippen LogP contribution in [0, 0.1) is 6.92 Å². The van der Waals surface area contributed by atoms with E-state index in [1.807, 2.05) is 13.8 Å². The van der Waals surface area contributed by atoms with Crippen LogP contribution in [0.5, 0.6) is 0 Å². The maximum absolute atomic E-state index is 13.0. The van der Waals surface area contributed by atoms with Crippen LogP contribution in [0.1, 0.15) is 61.2 Å². The highest BCUT2D eigenvalue weighted by Crippen LogP contribution is 2.27. The Kier molecular flexibility index (Phi) is 7.42. The molecule has 0 unspecified atom stereocenters. The molecule has 1 aliphatic rings. The maximum Gasteiger partial charge on any atom is 0.262 e. The molecule has 162 valence electrons. The first-order chi connectivity index (χ1) is 14.5. The molecule has 2 aromatic rings. The zero-order valence-electron chi connectivity index (χ0n) is 18.0. The number of likely N-dealkylation sites (N-methyl/N-ethyl adjacent to an activating group) is 1. The molecule has 7 nitrogen and oxygen atoms in total. The molecule has 2 amide bonds. The molecular weight excluding hydrogens is 400 g/mol. The largest absolute Gasteiger partial charge is 0.351 e. The standard InChI is InChI=1S/C22H30N4O3S/c1-4-25(5-2)17(27)13-26-14-24-21-18(22(26)29)15(3)19(30-21)20(28)23-12-11-16-9-7-6-8-10-16/h9,14H,4-8,10-13H2,1-3H3,(H,23,28). The molecule has 0 atom stereocenters. The Balaban J connectivity index is 1.75. The summed E-state index contributed by atoms with van der Waals surface area (Å²) in [7, 11) is 0. The van der Waals surface area contributed by atoms with Gasteiger partial charge in [-0.1, -0.05) is 11.6 Å². The molecule has 8 heteroatoms. The number of thiophene rings is 1. The molecule has 0 aromatic carbocycles. The van der Waals surface area contributed by atoms with Gasteiger partial charge in [0.05, 0.1) is 16.6 Å². The van der Waals surface area contributed by atoms with Gasteiger partial charge in [0, 0.05) is 19.6 Å². The molecule has 30 heavy (non-hydrogen) atoms. The van der Waals surface area contributed by atoms with Gasteiger partial charge >= 0.3 is 0 Å². The second kappa shape index (κ2) is 10.0. The van der Waals surface area contributed by atoms with Gasteiger partial charge in [0.1, 0.15) is 11.4 Å². The summed E-state index contributed by atoms with van der Waals surface area (Å²) in [4.78, 5) is 45.1. The molecule has 0 spiro atoms. The van der Waals surface area contributed by atoms with E-state index in [0.29, 0.717) is 40.3 Å². The fourth-order valence-corrected chi connectivity index (χ4v) is 4.91. The van der Waals surface area contributed by atoms with Crippen molar-refractivity contribution in [3.05, 3.63) is 38.8 Å². The molecule has 0 saturated carbocycles. The Labute approximate surface area is 180 Å². The van der Waals surface area contributed by atoms with Crippen molar-refractivity contribution >= 4 is 33.4 Å². The minimum absolute atomic E-state index is 0.0462. The molecule has 0 fully saturated rings. The Bertz CT molecular complexity index is 1020. The van der Waals surface area contributed by atoms with Gasteiger partial charge in [-0.3, -0.25) is 19.0 Å². The molecule has 1 aliphatic carbocycles. The number of carbonyl (C=O) groups excluding carboxylic acids is 2. The van der Waals surface area contributed by atoms with Crippen LogP contribution in [0.25, 0.3) is 10.2 Å². The maximum atomic E-state index is 13.0. The minimum atomic E-state index is -0.277. The van der Waals surface area contributed by atoms with Gasteiger partial charge in [-0.05, 0) is 58.4 Å². The number of nitrogens with zero attached hydrogens (tertiary/aromatic N) is 3. The van der Waals surface area contributed by atoms with E-state index in [-0.39, 0.29) is 23.9 Å². The summed E-state index contributed by atoms with van der Waals surface area (Å²) in [6, 6.07) is 0. The zero-order chi connectivity index (χ0) is 21.7. The van der Waals surface area contributed by atoms with Crippen molar-refractivity contribution in [2.75, 3.05) is 19.6 Å². The number of carbonyl (C=O) groups is 2. The summed E-state index contributed by atoms with van der Waals surface area (Å²) in [5.41, 5.74) is 1.77. The number of aryl methyl sites for hydroxylation is 1. The van der Waals surface area contributed by atoms with Crippen molar-refractivity contribution in [2.24, 2.45) is 0 Å². The average molecular weight is 431 g/mol.